The van der Waals surface area contributed by atoms with E-state index in [1.165, 1.54) is 11.8 Å². The second-order valence-corrected chi connectivity index (χ2v) is 7.58. The van der Waals surface area contributed by atoms with Gasteiger partial charge in [-0.2, -0.15) is 8.42 Å². The van der Waals surface area contributed by atoms with Gasteiger partial charge in [-0.3, -0.25) is 8.75 Å². The van der Waals surface area contributed by atoms with Crippen LogP contribution >= 0.6 is 19.8 Å². The van der Waals surface area contributed by atoms with Crippen LogP contribution in [-0.2, 0) is 25.3 Å². The summed E-state index contributed by atoms with van der Waals surface area (Å²) in [5.74, 6) is 0.728. The Bertz CT molecular complexity index is 556. The molecule has 0 aliphatic heterocycles. The first kappa shape index (κ1) is 16.7. The molecule has 1 N–H and O–H groups in total. The maximum absolute atomic E-state index is 12.1. The number of hydrogen-bond acceptors (Lipinski definition) is 5. The molecule has 8 heteroatoms. The molecular formula is C11H17O5PS2. The van der Waals surface area contributed by atoms with Gasteiger partial charge in [0.15, 0.2) is 0 Å². The van der Waals surface area contributed by atoms with E-state index >= 15 is 0 Å². The summed E-state index contributed by atoms with van der Waals surface area (Å²) in [6.07, 6.45) is -0.133. The van der Waals surface area contributed by atoms with Crippen LogP contribution in [0.3, 0.4) is 0 Å². The van der Waals surface area contributed by atoms with Crippen molar-refractivity contribution in [1.82, 2.24) is 0 Å². The number of thioether (sulfide) groups is 1. The normalized spacial score (nSPS) is 13.4. The van der Waals surface area contributed by atoms with Gasteiger partial charge < -0.3 is 4.89 Å². The highest BCUT2D eigenvalue weighted by atomic mass is 32.2. The third kappa shape index (κ3) is 4.61. The van der Waals surface area contributed by atoms with Crippen molar-refractivity contribution in [3.8, 4) is 0 Å². The molecule has 0 amide bonds. The quantitative estimate of drug-likeness (QED) is 0.471. The molecule has 0 bridgehead atoms. The summed E-state index contributed by atoms with van der Waals surface area (Å²) in [5.41, 5.74) is 0.649. The molecule has 5 nitrogen and oxygen atoms in total. The lowest BCUT2D eigenvalue weighted by molar-refractivity contribution is 0.354. The molecule has 0 fully saturated rings. The minimum absolute atomic E-state index is 0.118. The molecule has 0 saturated heterocycles. The van der Waals surface area contributed by atoms with Crippen LogP contribution in [0.5, 0.6) is 0 Å². The van der Waals surface area contributed by atoms with Crippen LogP contribution in [0, 0.1) is 0 Å². The highest BCUT2D eigenvalue weighted by molar-refractivity contribution is 8.00. The molecule has 0 aromatic heterocycles. The molecule has 1 aromatic carbocycles. The van der Waals surface area contributed by atoms with Crippen LogP contribution in [0.2, 0.25) is 0 Å². The molecule has 0 heterocycles. The summed E-state index contributed by atoms with van der Waals surface area (Å²) in [6.45, 7) is 3.77. The average Bonchev–Trinajstić information content (AvgIpc) is 2.36. The second kappa shape index (κ2) is 7.45. The summed E-state index contributed by atoms with van der Waals surface area (Å²) in [5, 5.41) is 0. The van der Waals surface area contributed by atoms with Crippen molar-refractivity contribution < 1.29 is 22.1 Å². The zero-order valence-corrected chi connectivity index (χ0v) is 13.4. The molecule has 0 aliphatic rings. The van der Waals surface area contributed by atoms with Gasteiger partial charge in [0, 0.05) is 4.90 Å². The third-order valence-corrected chi connectivity index (χ3v) is 5.41. The summed E-state index contributed by atoms with van der Waals surface area (Å²) >= 11 is 1.40. The Hall–Kier alpha value is -0.330. The molecule has 0 aliphatic carbocycles. The van der Waals surface area contributed by atoms with Crippen molar-refractivity contribution >= 4 is 29.9 Å². The Morgan fingerprint density at radius 2 is 2.05 bits per heavy atom. The van der Waals surface area contributed by atoms with Crippen LogP contribution in [0.25, 0.3) is 0 Å². The number of aryl methyl sites for hydroxylation is 1. The van der Waals surface area contributed by atoms with Crippen LogP contribution in [-0.4, -0.2) is 25.4 Å². The average molecular weight is 324 g/mol. The molecule has 19 heavy (non-hydrogen) atoms. The van der Waals surface area contributed by atoms with Crippen molar-refractivity contribution in [2.75, 3.05) is 12.1 Å². The number of rotatable bonds is 7. The Morgan fingerprint density at radius 3 is 2.58 bits per heavy atom. The minimum atomic E-state index is -4.01. The zero-order chi connectivity index (χ0) is 14.5. The van der Waals surface area contributed by atoms with Crippen LogP contribution in [0.1, 0.15) is 19.4 Å². The van der Waals surface area contributed by atoms with Gasteiger partial charge in [-0.1, -0.05) is 26.0 Å². The molecule has 0 spiro atoms. The van der Waals surface area contributed by atoms with Gasteiger partial charge in [-0.25, -0.2) is 0 Å². The Balaban J connectivity index is 3.25. The number of benzene rings is 1. The van der Waals surface area contributed by atoms with Gasteiger partial charge in [-0.15, -0.1) is 11.8 Å². The standard InChI is InChI=1S/C11H17O5PS2/c1-3-9-6-5-7-10(18-4-2)11(9)19(14,15)16-8-17(12)13/h5-7,17H,3-4,8H2,1-2H3,(H,12,13). The first-order valence-corrected chi connectivity index (χ1v) is 9.74. The maximum atomic E-state index is 12.1. The molecular weight excluding hydrogens is 307 g/mol. The minimum Gasteiger partial charge on any atom is -0.345 e. The maximum Gasteiger partial charge on any atom is 0.298 e. The van der Waals surface area contributed by atoms with E-state index in [4.69, 9.17) is 4.89 Å². The monoisotopic (exact) mass is 324 g/mol. The van der Waals surface area contributed by atoms with E-state index in [1.54, 1.807) is 18.2 Å². The fraction of sp³-hybridized carbons (Fsp3) is 0.455. The largest absolute Gasteiger partial charge is 0.345 e. The molecule has 1 atom stereocenters. The first-order valence-electron chi connectivity index (χ1n) is 5.78. The SMILES string of the molecule is CCSc1cccc(CC)c1S(=O)(=O)OC[PH](=O)O. The fourth-order valence-electron chi connectivity index (χ4n) is 1.58. The van der Waals surface area contributed by atoms with Crippen LogP contribution in [0.4, 0.5) is 0 Å². The van der Waals surface area contributed by atoms with Gasteiger partial charge in [-0.05, 0) is 23.8 Å². The summed E-state index contributed by atoms with van der Waals surface area (Å²) in [6, 6.07) is 5.23. The summed E-state index contributed by atoms with van der Waals surface area (Å²) < 4.78 is 39.6. The Labute approximate surface area is 118 Å². The van der Waals surface area contributed by atoms with E-state index in [0.717, 1.165) is 5.75 Å². The van der Waals surface area contributed by atoms with Crippen molar-refractivity contribution in [2.45, 2.75) is 30.1 Å². The number of hydrogen-bond donors (Lipinski definition) is 1. The molecule has 0 saturated carbocycles. The van der Waals surface area contributed by atoms with Crippen LogP contribution < -0.4 is 0 Å². The van der Waals surface area contributed by atoms with E-state index in [1.807, 2.05) is 13.8 Å². The lowest BCUT2D eigenvalue weighted by Crippen LogP contribution is -2.10. The van der Waals surface area contributed by atoms with E-state index in [9.17, 15) is 13.0 Å². The van der Waals surface area contributed by atoms with Gasteiger partial charge >= 0.3 is 0 Å². The Kier molecular flexibility index (Phi) is 6.56. The molecule has 1 unspecified atom stereocenters. The first-order chi connectivity index (χ1) is 8.92. The van der Waals surface area contributed by atoms with Crippen molar-refractivity contribution in [1.29, 1.82) is 0 Å². The predicted molar refractivity (Wildman–Crippen MR) is 76.6 cm³/mol. The van der Waals surface area contributed by atoms with Gasteiger partial charge in [0.2, 0.25) is 8.03 Å². The van der Waals surface area contributed by atoms with E-state index < -0.39 is 24.5 Å². The van der Waals surface area contributed by atoms with Crippen LogP contribution in [0.15, 0.2) is 28.0 Å². The van der Waals surface area contributed by atoms with E-state index in [0.29, 0.717) is 16.9 Å². The zero-order valence-electron chi connectivity index (χ0n) is 10.8. The predicted octanol–water partition coefficient (Wildman–Crippen LogP) is 2.49. The lowest BCUT2D eigenvalue weighted by atomic mass is 10.2. The summed E-state index contributed by atoms with van der Waals surface area (Å²) in [7, 11) is -6.98. The van der Waals surface area contributed by atoms with Gasteiger partial charge in [0.1, 0.15) is 11.2 Å². The van der Waals surface area contributed by atoms with Gasteiger partial charge in [0.05, 0.1) is 0 Å². The topological polar surface area (TPSA) is 80.7 Å². The molecule has 0 radical (unpaired) electrons. The van der Waals surface area contributed by atoms with E-state index in [-0.39, 0.29) is 4.90 Å². The smallest absolute Gasteiger partial charge is 0.298 e. The fourth-order valence-corrected chi connectivity index (χ4v) is 4.80. The Morgan fingerprint density at radius 1 is 1.37 bits per heavy atom. The highest BCUT2D eigenvalue weighted by Crippen LogP contribution is 2.32. The lowest BCUT2D eigenvalue weighted by Gasteiger charge is -2.13. The van der Waals surface area contributed by atoms with Crippen molar-refractivity contribution in [3.63, 3.8) is 0 Å². The van der Waals surface area contributed by atoms with E-state index in [2.05, 4.69) is 4.18 Å². The highest BCUT2D eigenvalue weighted by Gasteiger charge is 2.23. The van der Waals surface area contributed by atoms with Crippen molar-refractivity contribution in [2.24, 2.45) is 0 Å². The molecule has 108 valence electrons. The summed E-state index contributed by atoms with van der Waals surface area (Å²) in [4.78, 5) is 9.44. The van der Waals surface area contributed by atoms with Crippen molar-refractivity contribution in [3.05, 3.63) is 23.8 Å². The van der Waals surface area contributed by atoms with Gasteiger partial charge in [0.25, 0.3) is 10.1 Å². The molecule has 1 aromatic rings. The second-order valence-electron chi connectivity index (χ2n) is 3.64. The third-order valence-electron chi connectivity index (χ3n) is 2.33. The molecule has 1 rings (SSSR count).